The number of halogens is 1. The molecule has 2 N–H and O–H groups in total. The number of nitrogens with zero attached hydrogens (tertiary/aromatic N) is 2. The fourth-order valence-electron chi connectivity index (χ4n) is 1.60. The van der Waals surface area contributed by atoms with Crippen molar-refractivity contribution in [2.75, 3.05) is 11.9 Å². The lowest BCUT2D eigenvalue weighted by Crippen LogP contribution is -2.30. The number of rotatable bonds is 4. The molecule has 2 heterocycles. The van der Waals surface area contributed by atoms with Crippen molar-refractivity contribution < 1.29 is 0 Å². The minimum atomic E-state index is -0.441. The Kier molecular flexibility index (Phi) is 4.16. The number of hydrogen-bond donors (Lipinski definition) is 2. The quantitative estimate of drug-likeness (QED) is 0.884. The molecule has 7 heteroatoms. The van der Waals surface area contributed by atoms with E-state index >= 15 is 0 Å². The lowest BCUT2D eigenvalue weighted by Gasteiger charge is -2.07. The summed E-state index contributed by atoms with van der Waals surface area (Å²) in [5.41, 5.74) is 0.00790. The van der Waals surface area contributed by atoms with E-state index in [4.69, 9.17) is 0 Å². The van der Waals surface area contributed by atoms with E-state index in [1.165, 1.54) is 10.8 Å². The van der Waals surface area contributed by atoms with Crippen LogP contribution in [0.2, 0.25) is 0 Å². The maximum atomic E-state index is 11.6. The third-order valence-electron chi connectivity index (χ3n) is 2.50. The summed E-state index contributed by atoms with van der Waals surface area (Å²) in [7, 11) is 0. The molecule has 2 aromatic rings. The Bertz CT molecular complexity index is 675. The zero-order valence-electron chi connectivity index (χ0n) is 10.3. The normalized spacial score (nSPS) is 10.4. The minimum Gasteiger partial charge on any atom is -0.370 e. The average molecular weight is 325 g/mol. The molecular weight excluding hydrogens is 312 g/mol. The van der Waals surface area contributed by atoms with E-state index in [0.29, 0.717) is 11.0 Å². The lowest BCUT2D eigenvalue weighted by molar-refractivity contribution is 0.714. The van der Waals surface area contributed by atoms with E-state index in [2.05, 4.69) is 31.2 Å². The second kappa shape index (κ2) is 5.83. The van der Waals surface area contributed by atoms with Crippen molar-refractivity contribution in [1.82, 2.24) is 14.5 Å². The van der Waals surface area contributed by atoms with Crippen LogP contribution in [-0.4, -0.2) is 21.1 Å². The van der Waals surface area contributed by atoms with Crippen molar-refractivity contribution in [2.24, 2.45) is 0 Å². The SMILES string of the molecule is CCNc1ccc(Cn2cc(Br)c(=O)[nH]c2=O)cn1. The van der Waals surface area contributed by atoms with Crippen LogP contribution < -0.4 is 16.6 Å². The van der Waals surface area contributed by atoms with Gasteiger partial charge in [0.1, 0.15) is 5.82 Å². The Morgan fingerprint density at radius 1 is 1.42 bits per heavy atom. The van der Waals surface area contributed by atoms with Crippen LogP contribution in [0.1, 0.15) is 12.5 Å². The fourth-order valence-corrected chi connectivity index (χ4v) is 1.95. The first-order valence-corrected chi connectivity index (χ1v) is 6.57. The third kappa shape index (κ3) is 3.31. The zero-order valence-corrected chi connectivity index (χ0v) is 11.9. The topological polar surface area (TPSA) is 79.8 Å². The molecule has 0 bridgehead atoms. The van der Waals surface area contributed by atoms with Crippen molar-refractivity contribution in [2.45, 2.75) is 13.5 Å². The summed E-state index contributed by atoms with van der Waals surface area (Å²) in [5.74, 6) is 0.793. The molecule has 0 atom stereocenters. The minimum absolute atomic E-state index is 0.323. The van der Waals surface area contributed by atoms with Crippen LogP contribution in [0.4, 0.5) is 5.82 Å². The van der Waals surface area contributed by atoms with Crippen molar-refractivity contribution in [1.29, 1.82) is 0 Å². The van der Waals surface area contributed by atoms with E-state index in [0.717, 1.165) is 17.9 Å². The highest BCUT2D eigenvalue weighted by Gasteiger charge is 2.03. The molecule has 2 rings (SSSR count). The Balaban J connectivity index is 2.24. The molecule has 0 aromatic carbocycles. The van der Waals surface area contributed by atoms with Gasteiger partial charge in [0.25, 0.3) is 5.56 Å². The van der Waals surface area contributed by atoms with Crippen LogP contribution in [0, 0.1) is 0 Å². The van der Waals surface area contributed by atoms with Gasteiger partial charge in [0.05, 0.1) is 11.0 Å². The van der Waals surface area contributed by atoms with Crippen molar-refractivity contribution >= 4 is 21.7 Å². The van der Waals surface area contributed by atoms with Crippen molar-refractivity contribution in [3.63, 3.8) is 0 Å². The number of anilines is 1. The van der Waals surface area contributed by atoms with Gasteiger partial charge in [0.2, 0.25) is 0 Å². The van der Waals surface area contributed by atoms with Gasteiger partial charge in [-0.2, -0.15) is 0 Å². The Hall–Kier alpha value is -1.89. The molecule has 2 aromatic heterocycles. The molecule has 0 aliphatic rings. The molecule has 0 amide bonds. The van der Waals surface area contributed by atoms with Gasteiger partial charge in [-0.15, -0.1) is 0 Å². The van der Waals surface area contributed by atoms with Gasteiger partial charge in [-0.25, -0.2) is 9.78 Å². The predicted octanol–water partition coefficient (Wildman–Crippen LogP) is 1.17. The van der Waals surface area contributed by atoms with Crippen LogP contribution in [0.3, 0.4) is 0 Å². The molecule has 0 spiro atoms. The lowest BCUT2D eigenvalue weighted by atomic mass is 10.3. The summed E-state index contributed by atoms with van der Waals surface area (Å²) >= 11 is 3.10. The van der Waals surface area contributed by atoms with E-state index in [-0.39, 0.29) is 0 Å². The molecule has 0 radical (unpaired) electrons. The van der Waals surface area contributed by atoms with Gasteiger partial charge in [0.15, 0.2) is 0 Å². The number of pyridine rings is 1. The first kappa shape index (κ1) is 13.5. The molecule has 0 aliphatic carbocycles. The molecule has 0 fully saturated rings. The summed E-state index contributed by atoms with van der Waals surface area (Å²) in [6.07, 6.45) is 3.17. The maximum Gasteiger partial charge on any atom is 0.328 e. The van der Waals surface area contributed by atoms with Crippen LogP contribution >= 0.6 is 15.9 Å². The smallest absolute Gasteiger partial charge is 0.328 e. The number of hydrogen-bond acceptors (Lipinski definition) is 4. The first-order valence-electron chi connectivity index (χ1n) is 5.78. The molecule has 100 valence electrons. The summed E-state index contributed by atoms with van der Waals surface area (Å²) < 4.78 is 1.74. The first-order chi connectivity index (χ1) is 9.10. The van der Waals surface area contributed by atoms with Crippen LogP contribution in [-0.2, 0) is 6.54 Å². The average Bonchev–Trinajstić information content (AvgIpc) is 2.38. The van der Waals surface area contributed by atoms with Gasteiger partial charge in [-0.05, 0) is 34.5 Å². The monoisotopic (exact) mass is 324 g/mol. The molecule has 19 heavy (non-hydrogen) atoms. The Morgan fingerprint density at radius 2 is 2.21 bits per heavy atom. The molecular formula is C12H13BrN4O2. The fraction of sp³-hybridized carbons (Fsp3) is 0.250. The zero-order chi connectivity index (χ0) is 13.8. The second-order valence-electron chi connectivity index (χ2n) is 3.95. The summed E-state index contributed by atoms with van der Waals surface area (Å²) in [6.45, 7) is 3.15. The molecule has 0 unspecified atom stereocenters. The highest BCUT2D eigenvalue weighted by atomic mass is 79.9. The van der Waals surface area contributed by atoms with Crippen LogP contribution in [0.5, 0.6) is 0 Å². The number of H-pyrrole nitrogens is 1. The molecule has 0 saturated carbocycles. The number of aromatic nitrogens is 3. The van der Waals surface area contributed by atoms with Gasteiger partial charge >= 0.3 is 5.69 Å². The van der Waals surface area contributed by atoms with Gasteiger partial charge in [0, 0.05) is 18.9 Å². The number of nitrogens with one attached hydrogen (secondary N) is 2. The largest absolute Gasteiger partial charge is 0.370 e. The maximum absolute atomic E-state index is 11.6. The van der Waals surface area contributed by atoms with Crippen molar-refractivity contribution in [3.8, 4) is 0 Å². The van der Waals surface area contributed by atoms with Gasteiger partial charge in [-0.1, -0.05) is 6.07 Å². The van der Waals surface area contributed by atoms with Gasteiger partial charge < -0.3 is 5.32 Å². The van der Waals surface area contributed by atoms with Gasteiger partial charge in [-0.3, -0.25) is 14.3 Å². The summed E-state index contributed by atoms with van der Waals surface area (Å²) in [6, 6.07) is 3.74. The third-order valence-corrected chi connectivity index (χ3v) is 3.07. The van der Waals surface area contributed by atoms with Crippen LogP contribution in [0.25, 0.3) is 0 Å². The highest BCUT2D eigenvalue weighted by Crippen LogP contribution is 2.06. The predicted molar refractivity (Wildman–Crippen MR) is 76.5 cm³/mol. The highest BCUT2D eigenvalue weighted by molar-refractivity contribution is 9.10. The Labute approximate surface area is 117 Å². The second-order valence-corrected chi connectivity index (χ2v) is 4.80. The van der Waals surface area contributed by atoms with Crippen LogP contribution in [0.15, 0.2) is 38.6 Å². The Morgan fingerprint density at radius 3 is 2.84 bits per heavy atom. The van der Waals surface area contributed by atoms with E-state index in [1.807, 2.05) is 19.1 Å². The van der Waals surface area contributed by atoms with E-state index in [1.54, 1.807) is 6.20 Å². The summed E-state index contributed by atoms with van der Waals surface area (Å²) in [5, 5.41) is 3.09. The van der Waals surface area contributed by atoms with Crippen molar-refractivity contribution in [3.05, 3.63) is 55.4 Å². The van der Waals surface area contributed by atoms with E-state index < -0.39 is 11.2 Å². The van der Waals surface area contributed by atoms with E-state index in [9.17, 15) is 9.59 Å². The molecule has 6 nitrogen and oxygen atoms in total. The summed E-state index contributed by atoms with van der Waals surface area (Å²) in [4.78, 5) is 29.3. The molecule has 0 aliphatic heterocycles. The standard InChI is InChI=1S/C12H13BrN4O2/c1-2-14-10-4-3-8(5-15-10)6-17-7-9(13)11(18)16-12(17)19/h3-5,7H,2,6H2,1H3,(H,14,15)(H,16,18,19). The number of aromatic amines is 1. The molecule has 0 saturated heterocycles.